The molecule has 5 nitrogen and oxygen atoms in total. The van der Waals surface area contributed by atoms with Crippen LogP contribution in [-0.4, -0.2) is 29.4 Å². The minimum absolute atomic E-state index is 0.00751. The van der Waals surface area contributed by atoms with E-state index in [4.69, 9.17) is 0 Å². The summed E-state index contributed by atoms with van der Waals surface area (Å²) in [5.74, 6) is -0.0355. The predicted octanol–water partition coefficient (Wildman–Crippen LogP) is 2.07. The lowest BCUT2D eigenvalue weighted by Crippen LogP contribution is -2.38. The summed E-state index contributed by atoms with van der Waals surface area (Å²) in [6, 6.07) is 5.47. The van der Waals surface area contributed by atoms with Crippen LogP contribution in [0.5, 0.6) is 0 Å². The molecule has 1 saturated carbocycles. The Labute approximate surface area is 131 Å². The largest absolute Gasteiger partial charge is 0.356 e. The van der Waals surface area contributed by atoms with Gasteiger partial charge in [0.2, 0.25) is 5.91 Å². The highest BCUT2D eigenvalue weighted by Crippen LogP contribution is 2.44. The molecule has 0 saturated heterocycles. The van der Waals surface area contributed by atoms with E-state index in [1.807, 2.05) is 32.9 Å². The number of aromatic nitrogens is 1. The maximum Gasteiger partial charge on any atom is 0.270 e. The van der Waals surface area contributed by atoms with Crippen molar-refractivity contribution in [3.05, 3.63) is 29.6 Å². The second kappa shape index (κ2) is 6.90. The molecule has 1 aliphatic carbocycles. The van der Waals surface area contributed by atoms with Gasteiger partial charge in [0.05, 0.1) is 0 Å². The van der Waals surface area contributed by atoms with Crippen LogP contribution in [0.3, 0.4) is 0 Å². The Bertz CT molecular complexity index is 553. The summed E-state index contributed by atoms with van der Waals surface area (Å²) in [5, 5.41) is 5.86. The number of rotatable bonds is 7. The van der Waals surface area contributed by atoms with E-state index in [2.05, 4.69) is 15.6 Å². The van der Waals surface area contributed by atoms with Crippen LogP contribution in [-0.2, 0) is 11.2 Å². The molecule has 0 bridgehead atoms. The molecule has 1 aliphatic rings. The fraction of sp³-hybridized carbons (Fsp3) is 0.588. The molecule has 2 amide bonds. The topological polar surface area (TPSA) is 71.1 Å². The molecule has 1 fully saturated rings. The minimum atomic E-state index is -0.164. The van der Waals surface area contributed by atoms with Crippen LogP contribution < -0.4 is 10.6 Å². The molecule has 0 aromatic carbocycles. The van der Waals surface area contributed by atoms with Gasteiger partial charge in [-0.15, -0.1) is 0 Å². The van der Waals surface area contributed by atoms with E-state index in [0.29, 0.717) is 18.7 Å². The second-order valence-corrected chi connectivity index (χ2v) is 6.35. The molecule has 5 heteroatoms. The number of carbonyl (C=O) groups excluding carboxylic acids is 2. The van der Waals surface area contributed by atoms with Crippen molar-refractivity contribution < 1.29 is 9.59 Å². The Kier molecular flexibility index (Phi) is 5.16. The van der Waals surface area contributed by atoms with Crippen molar-refractivity contribution in [1.82, 2.24) is 15.6 Å². The maximum atomic E-state index is 12.1. The number of carbonyl (C=O) groups is 2. The van der Waals surface area contributed by atoms with Gasteiger partial charge in [0.15, 0.2) is 0 Å². The molecular formula is C17H25N3O2. The molecule has 2 rings (SSSR count). The summed E-state index contributed by atoms with van der Waals surface area (Å²) in [6.07, 6.45) is 3.47. The van der Waals surface area contributed by atoms with E-state index in [1.165, 1.54) is 0 Å². The van der Waals surface area contributed by atoms with Crippen molar-refractivity contribution in [3.63, 3.8) is 0 Å². The van der Waals surface area contributed by atoms with Gasteiger partial charge in [0, 0.05) is 23.7 Å². The van der Waals surface area contributed by atoms with Gasteiger partial charge in [-0.3, -0.25) is 9.59 Å². The third-order valence-electron chi connectivity index (χ3n) is 4.19. The van der Waals surface area contributed by atoms with Crippen molar-refractivity contribution in [1.29, 1.82) is 0 Å². The Morgan fingerprint density at radius 2 is 2.09 bits per heavy atom. The van der Waals surface area contributed by atoms with E-state index in [9.17, 15) is 9.59 Å². The van der Waals surface area contributed by atoms with Crippen LogP contribution in [0.1, 0.15) is 56.2 Å². The lowest BCUT2D eigenvalue weighted by molar-refractivity contribution is -0.125. The van der Waals surface area contributed by atoms with E-state index < -0.39 is 0 Å². The smallest absolute Gasteiger partial charge is 0.270 e. The molecule has 0 unspecified atom stereocenters. The van der Waals surface area contributed by atoms with Crippen molar-refractivity contribution in [2.75, 3.05) is 6.54 Å². The molecule has 22 heavy (non-hydrogen) atoms. The zero-order valence-corrected chi connectivity index (χ0v) is 13.6. The van der Waals surface area contributed by atoms with E-state index >= 15 is 0 Å². The Balaban J connectivity index is 1.75. The van der Waals surface area contributed by atoms with E-state index in [-0.39, 0.29) is 23.3 Å². The maximum absolute atomic E-state index is 12.1. The first-order valence-electron chi connectivity index (χ1n) is 8.00. The molecular weight excluding hydrogens is 278 g/mol. The molecule has 1 aromatic heterocycles. The zero-order chi connectivity index (χ0) is 16.2. The number of nitrogens with one attached hydrogen (secondary N) is 2. The average Bonchev–Trinajstić information content (AvgIpc) is 3.26. The quantitative estimate of drug-likeness (QED) is 0.810. The molecule has 0 aliphatic heterocycles. The monoisotopic (exact) mass is 303 g/mol. The number of amides is 2. The van der Waals surface area contributed by atoms with Gasteiger partial charge in [-0.1, -0.05) is 19.9 Å². The Morgan fingerprint density at radius 1 is 1.36 bits per heavy atom. The average molecular weight is 303 g/mol. The van der Waals surface area contributed by atoms with Gasteiger partial charge in [-0.05, 0) is 44.7 Å². The number of pyridine rings is 1. The molecule has 1 atom stereocenters. The molecule has 1 heterocycles. The van der Waals surface area contributed by atoms with Crippen LogP contribution in [0.4, 0.5) is 0 Å². The SMILES string of the molecule is CCc1cccc(C(=O)N[C@@H](C)CCNC(=O)C2(C)CC2)n1. The van der Waals surface area contributed by atoms with Gasteiger partial charge in [-0.25, -0.2) is 4.98 Å². The highest BCUT2D eigenvalue weighted by Gasteiger charge is 2.44. The van der Waals surface area contributed by atoms with Crippen molar-refractivity contribution >= 4 is 11.8 Å². The standard InChI is InChI=1S/C17H25N3O2/c1-4-13-6-5-7-14(20-13)15(21)19-12(2)8-11-18-16(22)17(3)9-10-17/h5-7,12H,4,8-11H2,1-3H3,(H,18,22)(H,19,21)/t12-/m0/s1. The summed E-state index contributed by atoms with van der Waals surface area (Å²) in [7, 11) is 0. The van der Waals surface area contributed by atoms with Crippen molar-refractivity contribution in [3.8, 4) is 0 Å². The number of aryl methyl sites for hydroxylation is 1. The third kappa shape index (κ3) is 4.29. The normalized spacial score (nSPS) is 16.7. The Hall–Kier alpha value is -1.91. The number of hydrogen-bond donors (Lipinski definition) is 2. The first-order valence-corrected chi connectivity index (χ1v) is 8.00. The molecule has 1 aromatic rings. The fourth-order valence-electron chi connectivity index (χ4n) is 2.20. The molecule has 120 valence electrons. The van der Waals surface area contributed by atoms with Crippen molar-refractivity contribution in [2.45, 2.75) is 52.5 Å². The van der Waals surface area contributed by atoms with Crippen molar-refractivity contribution in [2.24, 2.45) is 5.41 Å². The van der Waals surface area contributed by atoms with Crippen LogP contribution in [0.25, 0.3) is 0 Å². The van der Waals surface area contributed by atoms with Gasteiger partial charge in [-0.2, -0.15) is 0 Å². The first kappa shape index (κ1) is 16.5. The van der Waals surface area contributed by atoms with Crippen LogP contribution in [0.2, 0.25) is 0 Å². The summed E-state index contributed by atoms with van der Waals surface area (Å²) in [6.45, 7) is 6.51. The van der Waals surface area contributed by atoms with E-state index in [0.717, 1.165) is 25.0 Å². The predicted molar refractivity (Wildman–Crippen MR) is 85.5 cm³/mol. The second-order valence-electron chi connectivity index (χ2n) is 6.35. The third-order valence-corrected chi connectivity index (χ3v) is 4.19. The highest BCUT2D eigenvalue weighted by atomic mass is 16.2. The van der Waals surface area contributed by atoms with Crippen LogP contribution >= 0.6 is 0 Å². The Morgan fingerprint density at radius 3 is 2.73 bits per heavy atom. The lowest BCUT2D eigenvalue weighted by atomic mass is 10.1. The summed E-state index contributed by atoms with van der Waals surface area (Å²) >= 11 is 0. The summed E-state index contributed by atoms with van der Waals surface area (Å²) < 4.78 is 0. The summed E-state index contributed by atoms with van der Waals surface area (Å²) in [5.41, 5.74) is 1.21. The molecule has 0 radical (unpaired) electrons. The first-order chi connectivity index (χ1) is 10.4. The lowest BCUT2D eigenvalue weighted by Gasteiger charge is -2.15. The fourth-order valence-corrected chi connectivity index (χ4v) is 2.20. The number of hydrogen-bond acceptors (Lipinski definition) is 3. The minimum Gasteiger partial charge on any atom is -0.356 e. The molecule has 2 N–H and O–H groups in total. The number of nitrogens with zero attached hydrogens (tertiary/aromatic N) is 1. The van der Waals surface area contributed by atoms with Gasteiger partial charge in [0.1, 0.15) is 5.69 Å². The van der Waals surface area contributed by atoms with Gasteiger partial charge >= 0.3 is 0 Å². The van der Waals surface area contributed by atoms with Crippen LogP contribution in [0, 0.1) is 5.41 Å². The zero-order valence-electron chi connectivity index (χ0n) is 13.6. The highest BCUT2D eigenvalue weighted by molar-refractivity contribution is 5.92. The van der Waals surface area contributed by atoms with Gasteiger partial charge < -0.3 is 10.6 Å². The van der Waals surface area contributed by atoms with Crippen LogP contribution in [0.15, 0.2) is 18.2 Å². The van der Waals surface area contributed by atoms with E-state index in [1.54, 1.807) is 6.07 Å². The summed E-state index contributed by atoms with van der Waals surface area (Å²) in [4.78, 5) is 28.3. The molecule has 0 spiro atoms. The van der Waals surface area contributed by atoms with Gasteiger partial charge in [0.25, 0.3) is 5.91 Å².